The zero-order valence-corrected chi connectivity index (χ0v) is 14.7. The second kappa shape index (κ2) is 8.40. The first kappa shape index (κ1) is 16.4. The van der Waals surface area contributed by atoms with E-state index in [2.05, 4.69) is 66.0 Å². The minimum atomic E-state index is 0.528. The van der Waals surface area contributed by atoms with E-state index in [0.29, 0.717) is 11.8 Å². The molecule has 1 aromatic heterocycles. The van der Waals surface area contributed by atoms with Crippen LogP contribution in [0.1, 0.15) is 12.0 Å². The minimum absolute atomic E-state index is 0.528. The van der Waals surface area contributed by atoms with Gasteiger partial charge in [0.2, 0.25) is 5.95 Å². The zero-order chi connectivity index (χ0) is 16.6. The van der Waals surface area contributed by atoms with E-state index in [-0.39, 0.29) is 0 Å². The van der Waals surface area contributed by atoms with Gasteiger partial charge in [-0.2, -0.15) is 10.1 Å². The number of halogens is 1. The van der Waals surface area contributed by atoms with Crippen molar-refractivity contribution < 1.29 is 0 Å². The highest BCUT2D eigenvalue weighted by molar-refractivity contribution is 9.10. The molecule has 2 aromatic carbocycles. The Kier molecular flexibility index (Phi) is 5.74. The van der Waals surface area contributed by atoms with Gasteiger partial charge < -0.3 is 10.6 Å². The minimum Gasteiger partial charge on any atom is -0.353 e. The van der Waals surface area contributed by atoms with Crippen molar-refractivity contribution >= 4 is 33.4 Å². The maximum Gasteiger partial charge on any atom is 0.244 e. The van der Waals surface area contributed by atoms with E-state index in [4.69, 9.17) is 0 Å². The number of rotatable bonds is 7. The number of aryl methyl sites for hydroxylation is 1. The summed E-state index contributed by atoms with van der Waals surface area (Å²) in [6, 6.07) is 18.3. The number of benzene rings is 2. The van der Waals surface area contributed by atoms with E-state index in [0.717, 1.165) is 29.5 Å². The lowest BCUT2D eigenvalue weighted by atomic mass is 10.1. The van der Waals surface area contributed by atoms with Gasteiger partial charge in [0.15, 0.2) is 5.82 Å². The predicted molar refractivity (Wildman–Crippen MR) is 101 cm³/mol. The first-order valence-electron chi connectivity index (χ1n) is 7.80. The lowest BCUT2D eigenvalue weighted by Crippen LogP contribution is -2.08. The third-order valence-corrected chi connectivity index (χ3v) is 4.16. The molecule has 0 aliphatic heterocycles. The van der Waals surface area contributed by atoms with Gasteiger partial charge in [-0.25, -0.2) is 0 Å². The molecule has 0 atom stereocenters. The summed E-state index contributed by atoms with van der Waals surface area (Å²) in [5, 5.41) is 14.5. The lowest BCUT2D eigenvalue weighted by Gasteiger charge is -2.09. The molecule has 0 unspecified atom stereocenters. The van der Waals surface area contributed by atoms with Gasteiger partial charge in [-0.3, -0.25) is 0 Å². The summed E-state index contributed by atoms with van der Waals surface area (Å²) in [6.45, 7) is 0.801. The van der Waals surface area contributed by atoms with Crippen LogP contribution in [0.4, 0.5) is 17.5 Å². The number of nitrogens with one attached hydrogen (secondary N) is 2. The van der Waals surface area contributed by atoms with Crippen LogP contribution in [0.5, 0.6) is 0 Å². The van der Waals surface area contributed by atoms with Gasteiger partial charge in [-0.1, -0.05) is 42.5 Å². The van der Waals surface area contributed by atoms with Crippen molar-refractivity contribution in [2.75, 3.05) is 17.2 Å². The van der Waals surface area contributed by atoms with E-state index in [1.807, 2.05) is 30.3 Å². The van der Waals surface area contributed by atoms with Crippen molar-refractivity contribution in [3.8, 4) is 0 Å². The molecule has 0 aliphatic carbocycles. The molecule has 0 radical (unpaired) electrons. The molecule has 24 heavy (non-hydrogen) atoms. The third-order valence-electron chi connectivity index (χ3n) is 3.46. The van der Waals surface area contributed by atoms with Crippen LogP contribution < -0.4 is 10.6 Å². The number of hydrogen-bond acceptors (Lipinski definition) is 5. The van der Waals surface area contributed by atoms with Crippen LogP contribution in [-0.2, 0) is 6.42 Å². The fourth-order valence-corrected chi connectivity index (χ4v) is 2.66. The standard InChI is InChI=1S/C18H18BrN5/c19-15-10-4-5-11-16(15)22-17-13-21-24-18(23-17)20-12-6-9-14-7-2-1-3-8-14/h1-5,7-8,10-11,13H,6,9,12H2,(H2,20,22,23,24). The van der Waals surface area contributed by atoms with Gasteiger partial charge in [-0.15, -0.1) is 5.10 Å². The van der Waals surface area contributed by atoms with Gasteiger partial charge in [-0.05, 0) is 46.5 Å². The van der Waals surface area contributed by atoms with E-state index in [9.17, 15) is 0 Å². The molecule has 0 fully saturated rings. The molecule has 0 aliphatic rings. The summed E-state index contributed by atoms with van der Waals surface area (Å²) in [4.78, 5) is 4.44. The molecule has 122 valence electrons. The summed E-state index contributed by atoms with van der Waals surface area (Å²) in [6.07, 6.45) is 3.64. The number of aromatic nitrogens is 3. The highest BCUT2D eigenvalue weighted by atomic mass is 79.9. The molecule has 6 heteroatoms. The number of hydrogen-bond donors (Lipinski definition) is 2. The Balaban J connectivity index is 1.53. The molecule has 0 saturated carbocycles. The molecular formula is C18H18BrN5. The summed E-state index contributed by atoms with van der Waals surface area (Å²) in [7, 11) is 0. The fourth-order valence-electron chi connectivity index (χ4n) is 2.28. The molecule has 3 rings (SSSR count). The van der Waals surface area contributed by atoms with Crippen molar-refractivity contribution in [3.05, 3.63) is 70.8 Å². The third kappa shape index (κ3) is 4.76. The lowest BCUT2D eigenvalue weighted by molar-refractivity contribution is 0.843. The van der Waals surface area contributed by atoms with Crippen LogP contribution in [-0.4, -0.2) is 21.7 Å². The van der Waals surface area contributed by atoms with Crippen molar-refractivity contribution in [3.63, 3.8) is 0 Å². The molecule has 2 N–H and O–H groups in total. The van der Waals surface area contributed by atoms with Crippen LogP contribution in [0.3, 0.4) is 0 Å². The molecule has 0 saturated heterocycles. The van der Waals surface area contributed by atoms with E-state index in [1.165, 1.54) is 5.56 Å². The van der Waals surface area contributed by atoms with E-state index >= 15 is 0 Å². The Morgan fingerprint density at radius 1 is 0.958 bits per heavy atom. The highest BCUT2D eigenvalue weighted by Crippen LogP contribution is 2.24. The Labute approximate surface area is 149 Å². The van der Waals surface area contributed by atoms with Crippen molar-refractivity contribution in [2.24, 2.45) is 0 Å². The summed E-state index contributed by atoms with van der Waals surface area (Å²) in [5.41, 5.74) is 2.27. The molecule has 5 nitrogen and oxygen atoms in total. The predicted octanol–water partition coefficient (Wildman–Crippen LogP) is 4.42. The van der Waals surface area contributed by atoms with Crippen LogP contribution in [0.15, 0.2) is 65.3 Å². The summed E-state index contributed by atoms with van der Waals surface area (Å²) >= 11 is 3.50. The van der Waals surface area contributed by atoms with E-state index < -0.39 is 0 Å². The van der Waals surface area contributed by atoms with Gasteiger partial charge in [0, 0.05) is 11.0 Å². The second-order valence-corrected chi connectivity index (χ2v) is 6.14. The van der Waals surface area contributed by atoms with Gasteiger partial charge in [0.25, 0.3) is 0 Å². The van der Waals surface area contributed by atoms with Crippen LogP contribution >= 0.6 is 15.9 Å². The maximum atomic E-state index is 4.44. The fraction of sp³-hybridized carbons (Fsp3) is 0.167. The largest absolute Gasteiger partial charge is 0.353 e. The average molecular weight is 384 g/mol. The Morgan fingerprint density at radius 3 is 2.58 bits per heavy atom. The molecule has 3 aromatic rings. The molecule has 0 spiro atoms. The molecule has 0 amide bonds. The van der Waals surface area contributed by atoms with Crippen LogP contribution in [0, 0.1) is 0 Å². The first-order valence-corrected chi connectivity index (χ1v) is 8.59. The normalized spacial score (nSPS) is 10.4. The Morgan fingerprint density at radius 2 is 1.75 bits per heavy atom. The van der Waals surface area contributed by atoms with E-state index in [1.54, 1.807) is 6.20 Å². The Hall–Kier alpha value is -2.47. The topological polar surface area (TPSA) is 62.7 Å². The first-order chi connectivity index (χ1) is 11.8. The maximum absolute atomic E-state index is 4.44. The SMILES string of the molecule is Brc1ccccc1Nc1cnnc(NCCCc2ccccc2)n1. The number of anilines is 3. The smallest absolute Gasteiger partial charge is 0.244 e. The molecule has 0 bridgehead atoms. The van der Waals surface area contributed by atoms with Crippen molar-refractivity contribution in [2.45, 2.75) is 12.8 Å². The van der Waals surface area contributed by atoms with Gasteiger partial charge >= 0.3 is 0 Å². The zero-order valence-electron chi connectivity index (χ0n) is 13.1. The molecular weight excluding hydrogens is 366 g/mol. The van der Waals surface area contributed by atoms with Gasteiger partial charge in [0.1, 0.15) is 0 Å². The highest BCUT2D eigenvalue weighted by Gasteiger charge is 2.03. The van der Waals surface area contributed by atoms with Crippen molar-refractivity contribution in [1.29, 1.82) is 0 Å². The average Bonchev–Trinajstić information content (AvgIpc) is 2.62. The molecule has 1 heterocycles. The van der Waals surface area contributed by atoms with Gasteiger partial charge in [0.05, 0.1) is 11.9 Å². The summed E-state index contributed by atoms with van der Waals surface area (Å²) < 4.78 is 0.973. The van der Waals surface area contributed by atoms with Crippen molar-refractivity contribution in [1.82, 2.24) is 15.2 Å². The van der Waals surface area contributed by atoms with Crippen LogP contribution in [0.2, 0.25) is 0 Å². The Bertz CT molecular complexity index is 779. The second-order valence-electron chi connectivity index (χ2n) is 5.29. The monoisotopic (exact) mass is 383 g/mol. The summed E-state index contributed by atoms with van der Waals surface area (Å²) in [5.74, 6) is 1.18. The van der Waals surface area contributed by atoms with Crippen LogP contribution in [0.25, 0.3) is 0 Å². The number of nitrogens with zero attached hydrogens (tertiary/aromatic N) is 3. The number of para-hydroxylation sites is 1. The quantitative estimate of drug-likeness (QED) is 0.591.